The second-order valence-corrected chi connectivity index (χ2v) is 4.70. The molecule has 1 saturated carbocycles. The molecule has 7 nitrogen and oxygen atoms in total. The van der Waals surface area contributed by atoms with Gasteiger partial charge in [-0.05, 0) is 19.3 Å². The van der Waals surface area contributed by atoms with E-state index >= 15 is 0 Å². The van der Waals surface area contributed by atoms with Crippen LogP contribution in [-0.2, 0) is 16.1 Å². The standard InChI is InChI=1S/C11H14N4O3/c16-9-4-3-7(13-9)11-14-8(15-18-11)5-12-10(17)6-1-2-6/h6-7H,1-5H2,(H,12,17)(H,13,16)/t7-/m0/s1. The predicted octanol–water partition coefficient (Wildman–Crippen LogP) is 0.0469. The van der Waals surface area contributed by atoms with E-state index in [1.54, 1.807) is 0 Å². The van der Waals surface area contributed by atoms with E-state index < -0.39 is 0 Å². The molecule has 1 aromatic rings. The summed E-state index contributed by atoms with van der Waals surface area (Å²) < 4.78 is 5.08. The minimum Gasteiger partial charge on any atom is -0.348 e. The van der Waals surface area contributed by atoms with E-state index in [-0.39, 0.29) is 30.3 Å². The van der Waals surface area contributed by atoms with E-state index in [1.165, 1.54) is 0 Å². The van der Waals surface area contributed by atoms with Gasteiger partial charge in [0, 0.05) is 12.3 Å². The number of nitrogens with zero attached hydrogens (tertiary/aromatic N) is 2. The summed E-state index contributed by atoms with van der Waals surface area (Å²) in [6.07, 6.45) is 3.10. The number of rotatable bonds is 4. The zero-order chi connectivity index (χ0) is 12.5. The predicted molar refractivity (Wildman–Crippen MR) is 59.0 cm³/mol. The molecule has 1 aliphatic heterocycles. The third-order valence-electron chi connectivity index (χ3n) is 3.15. The topological polar surface area (TPSA) is 97.1 Å². The van der Waals surface area contributed by atoms with E-state index in [2.05, 4.69) is 20.8 Å². The van der Waals surface area contributed by atoms with Crippen LogP contribution in [0.15, 0.2) is 4.52 Å². The molecule has 1 aromatic heterocycles. The number of carbonyl (C=O) groups is 2. The summed E-state index contributed by atoms with van der Waals surface area (Å²) in [5.41, 5.74) is 0. The maximum Gasteiger partial charge on any atom is 0.249 e. The second-order valence-electron chi connectivity index (χ2n) is 4.70. The molecule has 2 fully saturated rings. The molecule has 96 valence electrons. The number of hydrogen-bond acceptors (Lipinski definition) is 5. The fraction of sp³-hybridized carbons (Fsp3) is 0.636. The quantitative estimate of drug-likeness (QED) is 0.786. The van der Waals surface area contributed by atoms with E-state index in [0.29, 0.717) is 24.6 Å². The van der Waals surface area contributed by atoms with Crippen molar-refractivity contribution in [3.8, 4) is 0 Å². The van der Waals surface area contributed by atoms with Crippen LogP contribution in [-0.4, -0.2) is 22.0 Å². The summed E-state index contributed by atoms with van der Waals surface area (Å²) in [7, 11) is 0. The van der Waals surface area contributed by atoms with Crippen molar-refractivity contribution >= 4 is 11.8 Å². The normalized spacial score (nSPS) is 22.9. The Hall–Kier alpha value is -1.92. The number of aromatic nitrogens is 2. The first kappa shape index (κ1) is 11.2. The monoisotopic (exact) mass is 250 g/mol. The minimum atomic E-state index is -0.183. The summed E-state index contributed by atoms with van der Waals surface area (Å²) in [5, 5.41) is 9.30. The first-order valence-corrected chi connectivity index (χ1v) is 6.12. The first-order chi connectivity index (χ1) is 8.72. The van der Waals surface area contributed by atoms with Crippen LogP contribution in [0.4, 0.5) is 0 Å². The van der Waals surface area contributed by atoms with Crippen LogP contribution >= 0.6 is 0 Å². The number of hydrogen-bond donors (Lipinski definition) is 2. The maximum atomic E-state index is 11.4. The zero-order valence-electron chi connectivity index (χ0n) is 9.81. The zero-order valence-corrected chi connectivity index (χ0v) is 9.81. The first-order valence-electron chi connectivity index (χ1n) is 6.12. The Kier molecular flexibility index (Phi) is 2.73. The molecular formula is C11H14N4O3. The molecule has 2 N–H and O–H groups in total. The molecule has 2 aliphatic rings. The van der Waals surface area contributed by atoms with Gasteiger partial charge in [0.1, 0.15) is 6.04 Å². The summed E-state index contributed by atoms with van der Waals surface area (Å²) >= 11 is 0. The van der Waals surface area contributed by atoms with Crippen LogP contribution in [0.25, 0.3) is 0 Å². The number of nitrogens with one attached hydrogen (secondary N) is 2. The van der Waals surface area contributed by atoms with Crippen molar-refractivity contribution in [1.29, 1.82) is 0 Å². The van der Waals surface area contributed by atoms with Gasteiger partial charge in [0.2, 0.25) is 17.7 Å². The van der Waals surface area contributed by atoms with Crippen molar-refractivity contribution in [3.05, 3.63) is 11.7 Å². The van der Waals surface area contributed by atoms with Gasteiger partial charge in [-0.2, -0.15) is 4.98 Å². The van der Waals surface area contributed by atoms with Gasteiger partial charge in [0.25, 0.3) is 0 Å². The minimum absolute atomic E-state index is 0.00165. The lowest BCUT2D eigenvalue weighted by atomic mass is 10.2. The molecule has 0 spiro atoms. The molecule has 2 heterocycles. The van der Waals surface area contributed by atoms with Crippen LogP contribution in [0, 0.1) is 5.92 Å². The van der Waals surface area contributed by atoms with Gasteiger partial charge in [0.05, 0.1) is 6.54 Å². The third kappa shape index (κ3) is 2.34. The Balaban J connectivity index is 1.55. The number of carbonyl (C=O) groups excluding carboxylic acids is 2. The smallest absolute Gasteiger partial charge is 0.249 e. The van der Waals surface area contributed by atoms with Crippen LogP contribution in [0.3, 0.4) is 0 Å². The molecule has 2 amide bonds. The van der Waals surface area contributed by atoms with Crippen LogP contribution in [0.1, 0.15) is 43.4 Å². The molecule has 0 radical (unpaired) electrons. The van der Waals surface area contributed by atoms with Crippen LogP contribution in [0.2, 0.25) is 0 Å². The summed E-state index contributed by atoms with van der Waals surface area (Å²) in [6, 6.07) is -0.183. The van der Waals surface area contributed by atoms with Crippen molar-refractivity contribution < 1.29 is 14.1 Å². The Morgan fingerprint density at radius 1 is 1.44 bits per heavy atom. The van der Waals surface area contributed by atoms with E-state index in [9.17, 15) is 9.59 Å². The van der Waals surface area contributed by atoms with Crippen LogP contribution in [0.5, 0.6) is 0 Å². The molecule has 1 atom stereocenters. The lowest BCUT2D eigenvalue weighted by molar-refractivity contribution is -0.122. The molecule has 0 unspecified atom stereocenters. The van der Waals surface area contributed by atoms with Gasteiger partial charge >= 0.3 is 0 Å². The fourth-order valence-electron chi connectivity index (χ4n) is 1.94. The molecule has 3 rings (SSSR count). The van der Waals surface area contributed by atoms with E-state index in [1.807, 2.05) is 0 Å². The van der Waals surface area contributed by atoms with E-state index in [4.69, 9.17) is 4.52 Å². The average Bonchev–Trinajstić information content (AvgIpc) is 2.95. The summed E-state index contributed by atoms with van der Waals surface area (Å²) in [4.78, 5) is 26.7. The van der Waals surface area contributed by atoms with Crippen molar-refractivity contribution in [1.82, 2.24) is 20.8 Å². The van der Waals surface area contributed by atoms with Crippen molar-refractivity contribution in [2.75, 3.05) is 0 Å². The highest BCUT2D eigenvalue weighted by molar-refractivity contribution is 5.80. The molecule has 1 aliphatic carbocycles. The Morgan fingerprint density at radius 2 is 2.28 bits per heavy atom. The number of amides is 2. The third-order valence-corrected chi connectivity index (χ3v) is 3.15. The Morgan fingerprint density at radius 3 is 2.94 bits per heavy atom. The van der Waals surface area contributed by atoms with Gasteiger partial charge in [-0.3, -0.25) is 9.59 Å². The van der Waals surface area contributed by atoms with Crippen molar-refractivity contribution in [2.45, 2.75) is 38.3 Å². The lowest BCUT2D eigenvalue weighted by Crippen LogP contribution is -2.24. The molecule has 0 aromatic carbocycles. The van der Waals surface area contributed by atoms with Crippen LogP contribution < -0.4 is 10.6 Å². The van der Waals surface area contributed by atoms with Crippen molar-refractivity contribution in [2.24, 2.45) is 5.92 Å². The summed E-state index contributed by atoms with van der Waals surface area (Å²) in [5.74, 6) is 1.08. The molecule has 1 saturated heterocycles. The Labute approximate surface area is 103 Å². The maximum absolute atomic E-state index is 11.4. The highest BCUT2D eigenvalue weighted by Crippen LogP contribution is 2.28. The molecule has 0 bridgehead atoms. The lowest BCUT2D eigenvalue weighted by Gasteiger charge is -2.01. The van der Waals surface area contributed by atoms with Gasteiger partial charge in [0.15, 0.2) is 5.82 Å². The van der Waals surface area contributed by atoms with E-state index in [0.717, 1.165) is 12.8 Å². The SMILES string of the molecule is O=C1CC[C@@H](c2nc(CNC(=O)C3CC3)no2)N1. The van der Waals surface area contributed by atoms with Gasteiger partial charge in [-0.25, -0.2) is 0 Å². The van der Waals surface area contributed by atoms with Gasteiger partial charge < -0.3 is 15.2 Å². The molecule has 7 heteroatoms. The molecular weight excluding hydrogens is 236 g/mol. The summed E-state index contributed by atoms with van der Waals surface area (Å²) in [6.45, 7) is 0.277. The Bertz CT molecular complexity index is 480. The van der Waals surface area contributed by atoms with Crippen molar-refractivity contribution in [3.63, 3.8) is 0 Å². The van der Waals surface area contributed by atoms with Gasteiger partial charge in [-0.1, -0.05) is 5.16 Å². The fourth-order valence-corrected chi connectivity index (χ4v) is 1.94. The largest absolute Gasteiger partial charge is 0.348 e. The second kappa shape index (κ2) is 4.40. The highest BCUT2D eigenvalue weighted by atomic mass is 16.5. The van der Waals surface area contributed by atoms with Gasteiger partial charge in [-0.15, -0.1) is 0 Å². The average molecular weight is 250 g/mol. The molecule has 18 heavy (non-hydrogen) atoms. The highest BCUT2D eigenvalue weighted by Gasteiger charge is 2.30.